The van der Waals surface area contributed by atoms with E-state index in [4.69, 9.17) is 5.73 Å². The first-order chi connectivity index (χ1) is 8.63. The summed E-state index contributed by atoms with van der Waals surface area (Å²) in [4.78, 5) is 5.98. The van der Waals surface area contributed by atoms with Gasteiger partial charge in [-0.05, 0) is 12.1 Å². The highest BCUT2D eigenvalue weighted by Crippen LogP contribution is 2.42. The number of aromatic nitrogens is 2. The summed E-state index contributed by atoms with van der Waals surface area (Å²) in [6.45, 7) is 0. The Hall–Kier alpha value is -2.06. The molecule has 2 aromatic rings. The molecule has 1 aromatic carbocycles. The standard InChI is InChI=1S/C10H5F6N3/c11-4-1-2-5-6(3-4)18-8(19-7(5)17)9(12,13)10(14,15)16/h1-3H,(H2,17,18,19). The molecule has 0 amide bonds. The Morgan fingerprint density at radius 3 is 2.21 bits per heavy atom. The number of nitrogens with zero attached hydrogens (tertiary/aromatic N) is 2. The van der Waals surface area contributed by atoms with Gasteiger partial charge in [0.05, 0.1) is 5.52 Å². The van der Waals surface area contributed by atoms with Gasteiger partial charge in [0.2, 0.25) is 5.82 Å². The number of rotatable bonds is 1. The predicted molar refractivity (Wildman–Crippen MR) is 53.9 cm³/mol. The fourth-order valence-electron chi connectivity index (χ4n) is 1.39. The van der Waals surface area contributed by atoms with E-state index < -0.39 is 35.1 Å². The van der Waals surface area contributed by atoms with E-state index in [2.05, 4.69) is 9.97 Å². The van der Waals surface area contributed by atoms with Crippen LogP contribution in [0.5, 0.6) is 0 Å². The van der Waals surface area contributed by atoms with Crippen LogP contribution in [0.2, 0.25) is 0 Å². The van der Waals surface area contributed by atoms with Gasteiger partial charge in [-0.1, -0.05) is 0 Å². The zero-order valence-corrected chi connectivity index (χ0v) is 8.97. The van der Waals surface area contributed by atoms with E-state index in [1.165, 1.54) is 0 Å². The fraction of sp³-hybridized carbons (Fsp3) is 0.200. The second-order valence-electron chi connectivity index (χ2n) is 3.67. The molecule has 0 aliphatic carbocycles. The van der Waals surface area contributed by atoms with Crippen molar-refractivity contribution in [2.24, 2.45) is 0 Å². The van der Waals surface area contributed by atoms with E-state index in [-0.39, 0.29) is 5.39 Å². The minimum Gasteiger partial charge on any atom is -0.383 e. The van der Waals surface area contributed by atoms with Crippen LogP contribution in [0.4, 0.5) is 32.2 Å². The number of benzene rings is 1. The van der Waals surface area contributed by atoms with Crippen molar-refractivity contribution in [3.8, 4) is 0 Å². The maximum absolute atomic E-state index is 13.1. The Labute approximate surface area is 102 Å². The monoisotopic (exact) mass is 281 g/mol. The van der Waals surface area contributed by atoms with Gasteiger partial charge in [0, 0.05) is 11.5 Å². The van der Waals surface area contributed by atoms with Crippen molar-refractivity contribution in [2.75, 3.05) is 5.73 Å². The van der Waals surface area contributed by atoms with Crippen LogP contribution in [-0.2, 0) is 5.92 Å². The number of anilines is 1. The highest BCUT2D eigenvalue weighted by atomic mass is 19.4. The number of hydrogen-bond donors (Lipinski definition) is 1. The first-order valence-electron chi connectivity index (χ1n) is 4.81. The first-order valence-corrected chi connectivity index (χ1v) is 4.81. The molecule has 1 heterocycles. The van der Waals surface area contributed by atoms with Gasteiger partial charge in [0.1, 0.15) is 11.6 Å². The van der Waals surface area contributed by atoms with E-state index in [0.717, 1.165) is 12.1 Å². The quantitative estimate of drug-likeness (QED) is 0.817. The summed E-state index contributed by atoms with van der Waals surface area (Å²) in [7, 11) is 0. The molecule has 0 fully saturated rings. The summed E-state index contributed by atoms with van der Waals surface area (Å²) < 4.78 is 75.6. The molecule has 3 nitrogen and oxygen atoms in total. The van der Waals surface area contributed by atoms with Crippen molar-refractivity contribution in [2.45, 2.75) is 12.1 Å². The summed E-state index contributed by atoms with van der Waals surface area (Å²) in [5.74, 6) is -8.49. The molecule has 0 radical (unpaired) electrons. The van der Waals surface area contributed by atoms with E-state index in [1.54, 1.807) is 0 Å². The molecule has 0 bridgehead atoms. The van der Waals surface area contributed by atoms with Crippen molar-refractivity contribution in [1.29, 1.82) is 0 Å². The maximum Gasteiger partial charge on any atom is 0.461 e. The Morgan fingerprint density at radius 2 is 1.63 bits per heavy atom. The van der Waals surface area contributed by atoms with Crippen LogP contribution >= 0.6 is 0 Å². The van der Waals surface area contributed by atoms with Gasteiger partial charge >= 0.3 is 12.1 Å². The third-order valence-electron chi connectivity index (χ3n) is 2.33. The molecule has 9 heteroatoms. The topological polar surface area (TPSA) is 51.8 Å². The summed E-state index contributed by atoms with van der Waals surface area (Å²) >= 11 is 0. The van der Waals surface area contributed by atoms with Crippen LogP contribution in [0.1, 0.15) is 5.82 Å². The molecule has 0 saturated carbocycles. The number of nitrogen functional groups attached to an aromatic ring is 1. The largest absolute Gasteiger partial charge is 0.461 e. The predicted octanol–water partition coefficient (Wildman–Crippen LogP) is 3.01. The van der Waals surface area contributed by atoms with Gasteiger partial charge in [-0.3, -0.25) is 0 Å². The fourth-order valence-corrected chi connectivity index (χ4v) is 1.39. The Balaban J connectivity index is 2.70. The van der Waals surface area contributed by atoms with Crippen molar-refractivity contribution in [1.82, 2.24) is 9.97 Å². The summed E-state index contributed by atoms with van der Waals surface area (Å²) in [6.07, 6.45) is -5.86. The maximum atomic E-state index is 13.1. The number of hydrogen-bond acceptors (Lipinski definition) is 3. The molecule has 1 aromatic heterocycles. The summed E-state index contributed by atoms with van der Waals surface area (Å²) in [5, 5.41) is -0.0110. The molecular weight excluding hydrogens is 276 g/mol. The molecule has 0 spiro atoms. The van der Waals surface area contributed by atoms with Crippen molar-refractivity contribution < 1.29 is 26.3 Å². The molecule has 0 aliphatic rings. The zero-order valence-electron chi connectivity index (χ0n) is 8.97. The number of alkyl halides is 5. The molecule has 0 aliphatic heterocycles. The van der Waals surface area contributed by atoms with Crippen LogP contribution in [-0.4, -0.2) is 16.1 Å². The third-order valence-corrected chi connectivity index (χ3v) is 2.33. The normalized spacial score (nSPS) is 12.9. The van der Waals surface area contributed by atoms with Gasteiger partial charge in [-0.15, -0.1) is 0 Å². The second kappa shape index (κ2) is 3.97. The Bertz CT molecular complexity index is 637. The lowest BCUT2D eigenvalue weighted by Crippen LogP contribution is -2.35. The molecule has 0 unspecified atom stereocenters. The molecule has 2 N–H and O–H groups in total. The zero-order chi connectivity index (χ0) is 14.4. The molecular formula is C10H5F6N3. The van der Waals surface area contributed by atoms with Gasteiger partial charge in [-0.2, -0.15) is 22.0 Å². The lowest BCUT2D eigenvalue weighted by atomic mass is 10.2. The second-order valence-corrected chi connectivity index (χ2v) is 3.67. The average molecular weight is 281 g/mol. The smallest absolute Gasteiger partial charge is 0.383 e. The van der Waals surface area contributed by atoms with Crippen LogP contribution in [0.25, 0.3) is 10.9 Å². The Morgan fingerprint density at radius 1 is 1.00 bits per heavy atom. The van der Waals surface area contributed by atoms with E-state index >= 15 is 0 Å². The van der Waals surface area contributed by atoms with Crippen molar-refractivity contribution in [3.05, 3.63) is 29.8 Å². The minimum atomic E-state index is -5.86. The average Bonchev–Trinajstić information content (AvgIpc) is 2.26. The molecule has 102 valence electrons. The van der Waals surface area contributed by atoms with E-state index in [0.29, 0.717) is 6.07 Å². The van der Waals surface area contributed by atoms with Crippen molar-refractivity contribution >= 4 is 16.7 Å². The number of nitrogens with two attached hydrogens (primary N) is 1. The van der Waals surface area contributed by atoms with Crippen LogP contribution < -0.4 is 5.73 Å². The molecule has 2 rings (SSSR count). The molecule has 19 heavy (non-hydrogen) atoms. The van der Waals surface area contributed by atoms with Crippen molar-refractivity contribution in [3.63, 3.8) is 0 Å². The van der Waals surface area contributed by atoms with Crippen LogP contribution in [0, 0.1) is 5.82 Å². The number of halogens is 6. The van der Waals surface area contributed by atoms with Gasteiger partial charge in [0.15, 0.2) is 0 Å². The van der Waals surface area contributed by atoms with E-state index in [1.807, 2.05) is 0 Å². The van der Waals surface area contributed by atoms with Crippen LogP contribution in [0.3, 0.4) is 0 Å². The lowest BCUT2D eigenvalue weighted by molar-refractivity contribution is -0.292. The van der Waals surface area contributed by atoms with Gasteiger partial charge < -0.3 is 5.73 Å². The van der Waals surface area contributed by atoms with Gasteiger partial charge in [-0.25, -0.2) is 14.4 Å². The first kappa shape index (κ1) is 13.4. The van der Waals surface area contributed by atoms with Crippen LogP contribution in [0.15, 0.2) is 18.2 Å². The van der Waals surface area contributed by atoms with Gasteiger partial charge in [0.25, 0.3) is 0 Å². The molecule has 0 atom stereocenters. The lowest BCUT2D eigenvalue weighted by Gasteiger charge is -2.18. The SMILES string of the molecule is Nc1nc(C(F)(F)C(F)(F)F)nc2cc(F)ccc12. The Kier molecular flexibility index (Phi) is 2.79. The summed E-state index contributed by atoms with van der Waals surface area (Å²) in [5.41, 5.74) is 4.85. The third kappa shape index (κ3) is 2.15. The highest BCUT2D eigenvalue weighted by molar-refractivity contribution is 5.87. The minimum absolute atomic E-state index is 0.0110. The highest BCUT2D eigenvalue weighted by Gasteiger charge is 2.61. The van der Waals surface area contributed by atoms with E-state index in [9.17, 15) is 26.3 Å². The number of fused-ring (bicyclic) bond motifs is 1. The molecule has 0 saturated heterocycles. The summed E-state index contributed by atoms with van der Waals surface area (Å²) in [6, 6.07) is 2.75.